The maximum Gasteiger partial charge on any atom is 0.0966 e. The Hall–Kier alpha value is 0.490. The smallest absolute Gasteiger partial charge is 0.0966 e. The Morgan fingerprint density at radius 1 is 1.54 bits per heavy atom. The highest BCUT2D eigenvalue weighted by Gasteiger charge is 2.06. The SMILES string of the molecule is CCC(N)Cc1cc(Br)c(Br)[nH]1.Cl. The van der Waals surface area contributed by atoms with Crippen LogP contribution in [0.3, 0.4) is 0 Å². The Kier molecular flexibility index (Phi) is 6.29. The molecule has 1 rings (SSSR count). The Balaban J connectivity index is 0.00000144. The van der Waals surface area contributed by atoms with Gasteiger partial charge in [-0.05, 0) is 44.3 Å². The molecule has 0 fully saturated rings. The van der Waals surface area contributed by atoms with Gasteiger partial charge in [0, 0.05) is 22.6 Å². The highest BCUT2D eigenvalue weighted by Crippen LogP contribution is 2.23. The lowest BCUT2D eigenvalue weighted by atomic mass is 10.1. The normalized spacial score (nSPS) is 12.3. The minimum Gasteiger partial charge on any atom is -0.352 e. The molecule has 0 radical (unpaired) electrons. The zero-order valence-corrected chi connectivity index (χ0v) is 11.3. The van der Waals surface area contributed by atoms with Crippen LogP contribution in [0.2, 0.25) is 0 Å². The lowest BCUT2D eigenvalue weighted by molar-refractivity contribution is 0.638. The summed E-state index contributed by atoms with van der Waals surface area (Å²) in [5.41, 5.74) is 6.98. The van der Waals surface area contributed by atoms with Crippen LogP contribution in [0.1, 0.15) is 19.0 Å². The summed E-state index contributed by atoms with van der Waals surface area (Å²) in [4.78, 5) is 3.20. The predicted octanol–water partition coefficient (Wildman–Crippen LogP) is 3.24. The second kappa shape index (κ2) is 6.06. The molecule has 3 N–H and O–H groups in total. The molecule has 1 atom stereocenters. The molecule has 5 heteroatoms. The average Bonchev–Trinajstić information content (AvgIpc) is 2.31. The molecule has 0 aromatic carbocycles. The van der Waals surface area contributed by atoms with Gasteiger partial charge in [0.1, 0.15) is 0 Å². The van der Waals surface area contributed by atoms with Crippen molar-refractivity contribution in [2.45, 2.75) is 25.8 Å². The Morgan fingerprint density at radius 3 is 2.54 bits per heavy atom. The predicted molar refractivity (Wildman–Crippen MR) is 65.4 cm³/mol. The number of nitrogens with two attached hydrogens (primary N) is 1. The van der Waals surface area contributed by atoms with E-state index >= 15 is 0 Å². The first-order valence-corrected chi connectivity index (χ1v) is 5.50. The second-order valence-corrected chi connectivity index (χ2v) is 4.48. The van der Waals surface area contributed by atoms with Gasteiger partial charge in [-0.25, -0.2) is 0 Å². The number of halogens is 3. The number of H-pyrrole nitrogens is 1. The van der Waals surface area contributed by atoms with Gasteiger partial charge in [-0.15, -0.1) is 12.4 Å². The number of nitrogens with one attached hydrogen (secondary N) is 1. The largest absolute Gasteiger partial charge is 0.352 e. The van der Waals surface area contributed by atoms with Crippen LogP contribution in [0.5, 0.6) is 0 Å². The number of hydrogen-bond acceptors (Lipinski definition) is 1. The fourth-order valence-corrected chi connectivity index (χ4v) is 1.73. The van der Waals surface area contributed by atoms with Crippen LogP contribution in [0.25, 0.3) is 0 Å². The van der Waals surface area contributed by atoms with Crippen LogP contribution in [0, 0.1) is 0 Å². The number of hydrogen-bond donors (Lipinski definition) is 2. The zero-order valence-electron chi connectivity index (χ0n) is 7.31. The van der Waals surface area contributed by atoms with Crippen LogP contribution in [-0.2, 0) is 6.42 Å². The van der Waals surface area contributed by atoms with Gasteiger partial charge in [-0.1, -0.05) is 6.92 Å². The van der Waals surface area contributed by atoms with Crippen molar-refractivity contribution in [2.24, 2.45) is 5.73 Å². The summed E-state index contributed by atoms with van der Waals surface area (Å²) in [5, 5.41) is 0. The highest BCUT2D eigenvalue weighted by molar-refractivity contribution is 9.13. The molecule has 0 saturated heterocycles. The first kappa shape index (κ1) is 13.5. The summed E-state index contributed by atoms with van der Waals surface area (Å²) in [6.45, 7) is 2.09. The molecule has 0 saturated carbocycles. The van der Waals surface area contributed by atoms with Gasteiger partial charge in [-0.3, -0.25) is 0 Å². The van der Waals surface area contributed by atoms with Crippen LogP contribution < -0.4 is 5.73 Å². The summed E-state index contributed by atoms with van der Waals surface area (Å²) in [6.07, 6.45) is 1.91. The van der Waals surface area contributed by atoms with Gasteiger partial charge in [0.25, 0.3) is 0 Å². The van der Waals surface area contributed by atoms with E-state index in [4.69, 9.17) is 5.73 Å². The number of rotatable bonds is 3. The first-order chi connectivity index (χ1) is 5.63. The molecule has 0 aliphatic rings. The first-order valence-electron chi connectivity index (χ1n) is 3.92. The van der Waals surface area contributed by atoms with Gasteiger partial charge in [0.2, 0.25) is 0 Å². The second-order valence-electron chi connectivity index (χ2n) is 2.83. The molecular formula is C8H13Br2ClN2. The molecule has 76 valence electrons. The monoisotopic (exact) mass is 330 g/mol. The third kappa shape index (κ3) is 4.02. The quantitative estimate of drug-likeness (QED) is 0.877. The fourth-order valence-electron chi connectivity index (χ4n) is 0.990. The molecule has 1 unspecified atom stereocenters. The van der Waals surface area contributed by atoms with E-state index in [0.717, 1.165) is 21.9 Å². The molecule has 13 heavy (non-hydrogen) atoms. The van der Waals surface area contributed by atoms with Crippen molar-refractivity contribution in [3.05, 3.63) is 20.8 Å². The van der Waals surface area contributed by atoms with E-state index < -0.39 is 0 Å². The summed E-state index contributed by atoms with van der Waals surface area (Å²) in [5.74, 6) is 0. The third-order valence-electron chi connectivity index (χ3n) is 1.79. The fraction of sp³-hybridized carbons (Fsp3) is 0.500. The van der Waals surface area contributed by atoms with Gasteiger partial charge in [0.05, 0.1) is 4.60 Å². The Morgan fingerprint density at radius 2 is 2.15 bits per heavy atom. The van der Waals surface area contributed by atoms with Crippen molar-refractivity contribution < 1.29 is 0 Å². The van der Waals surface area contributed by atoms with Crippen molar-refractivity contribution in [1.29, 1.82) is 0 Å². The topological polar surface area (TPSA) is 41.8 Å². The molecule has 0 bridgehead atoms. The van der Waals surface area contributed by atoms with E-state index in [-0.39, 0.29) is 18.4 Å². The summed E-state index contributed by atoms with van der Waals surface area (Å²) >= 11 is 6.79. The van der Waals surface area contributed by atoms with Crippen LogP contribution in [0.15, 0.2) is 15.1 Å². The van der Waals surface area contributed by atoms with Gasteiger partial charge in [0.15, 0.2) is 0 Å². The molecular weight excluding hydrogens is 319 g/mol. The maximum atomic E-state index is 5.81. The summed E-state index contributed by atoms with van der Waals surface area (Å²) in [7, 11) is 0. The summed E-state index contributed by atoms with van der Waals surface area (Å²) < 4.78 is 2.04. The van der Waals surface area contributed by atoms with Crippen LogP contribution in [-0.4, -0.2) is 11.0 Å². The van der Waals surface area contributed by atoms with E-state index in [1.54, 1.807) is 0 Å². The molecule has 1 aromatic heterocycles. The Labute approximate surface area is 101 Å². The van der Waals surface area contributed by atoms with E-state index in [1.807, 2.05) is 0 Å². The lowest BCUT2D eigenvalue weighted by Crippen LogP contribution is -2.21. The van der Waals surface area contributed by atoms with Crippen molar-refractivity contribution >= 4 is 44.3 Å². The zero-order chi connectivity index (χ0) is 9.14. The third-order valence-corrected chi connectivity index (χ3v) is 3.57. The summed E-state index contributed by atoms with van der Waals surface area (Å²) in [6, 6.07) is 2.31. The average molecular weight is 332 g/mol. The van der Waals surface area contributed by atoms with E-state index in [1.165, 1.54) is 5.69 Å². The molecule has 0 spiro atoms. The molecule has 1 heterocycles. The lowest BCUT2D eigenvalue weighted by Gasteiger charge is -2.05. The van der Waals surface area contributed by atoms with Crippen molar-refractivity contribution in [2.75, 3.05) is 0 Å². The van der Waals surface area contributed by atoms with Crippen molar-refractivity contribution in [1.82, 2.24) is 4.98 Å². The molecule has 1 aromatic rings. The minimum absolute atomic E-state index is 0. The minimum atomic E-state index is 0. The van der Waals surface area contributed by atoms with Crippen LogP contribution >= 0.6 is 44.3 Å². The van der Waals surface area contributed by atoms with E-state index in [2.05, 4.69) is 49.8 Å². The number of aromatic nitrogens is 1. The van der Waals surface area contributed by atoms with Gasteiger partial charge in [-0.2, -0.15) is 0 Å². The van der Waals surface area contributed by atoms with Crippen molar-refractivity contribution in [3.8, 4) is 0 Å². The molecule has 0 amide bonds. The van der Waals surface area contributed by atoms with Gasteiger partial charge < -0.3 is 10.7 Å². The molecule has 0 aliphatic carbocycles. The van der Waals surface area contributed by atoms with E-state index in [0.29, 0.717) is 0 Å². The van der Waals surface area contributed by atoms with Crippen molar-refractivity contribution in [3.63, 3.8) is 0 Å². The van der Waals surface area contributed by atoms with E-state index in [9.17, 15) is 0 Å². The van der Waals surface area contributed by atoms with Crippen LogP contribution in [0.4, 0.5) is 0 Å². The van der Waals surface area contributed by atoms with Gasteiger partial charge >= 0.3 is 0 Å². The highest BCUT2D eigenvalue weighted by atomic mass is 79.9. The number of aromatic amines is 1. The maximum absolute atomic E-state index is 5.81. The molecule has 0 aliphatic heterocycles. The molecule has 2 nitrogen and oxygen atoms in total. The Bertz CT molecular complexity index is 243. The standard InChI is InChI=1S/C8H12Br2N2.ClH/c1-2-5(11)3-6-4-7(9)8(10)12-6;/h4-5,12H,2-3,11H2,1H3;1H.